The van der Waals surface area contributed by atoms with Gasteiger partial charge in [0.05, 0.1) is 22.9 Å². The summed E-state index contributed by atoms with van der Waals surface area (Å²) >= 11 is 3.33. The van der Waals surface area contributed by atoms with Crippen LogP contribution < -0.4 is 4.90 Å². The Morgan fingerprint density at radius 3 is 2.86 bits per heavy atom. The molecule has 2 heterocycles. The third-order valence-electron chi connectivity index (χ3n) is 5.27. The molecule has 4 rings (SSSR count). The van der Waals surface area contributed by atoms with Crippen molar-refractivity contribution >= 4 is 44.4 Å². The number of amides is 1. The van der Waals surface area contributed by atoms with Gasteiger partial charge in [0, 0.05) is 17.1 Å². The molecule has 1 aliphatic heterocycles. The molecule has 0 radical (unpaired) electrons. The number of rotatable bonds is 6. The standard InChI is InChI=1S/C23H26N2O2S2/c1-4-28-19-9-5-7-17(13-19)22(26)25(14-18-8-6-10-27-18)23-24-20-11-15(2)16(3)12-21(20)29-23/h5,7,9,11-13,18H,4,6,8,10,14H2,1-3H3. The van der Waals surface area contributed by atoms with Crippen molar-refractivity contribution in [3.8, 4) is 0 Å². The van der Waals surface area contributed by atoms with E-state index in [4.69, 9.17) is 9.72 Å². The highest BCUT2D eigenvalue weighted by Gasteiger charge is 2.27. The largest absolute Gasteiger partial charge is 0.376 e. The second kappa shape index (κ2) is 8.86. The number of thiazole rings is 1. The van der Waals surface area contributed by atoms with Gasteiger partial charge in [-0.25, -0.2) is 4.98 Å². The molecule has 6 heteroatoms. The summed E-state index contributed by atoms with van der Waals surface area (Å²) in [5, 5.41) is 0.749. The lowest BCUT2D eigenvalue weighted by Crippen LogP contribution is -2.37. The molecule has 1 saturated heterocycles. The molecule has 1 amide bonds. The second-order valence-electron chi connectivity index (χ2n) is 7.41. The minimum atomic E-state index is -0.00782. The van der Waals surface area contributed by atoms with Crippen LogP contribution >= 0.6 is 23.1 Å². The van der Waals surface area contributed by atoms with Gasteiger partial charge in [-0.2, -0.15) is 0 Å². The summed E-state index contributed by atoms with van der Waals surface area (Å²) in [6.45, 7) is 7.64. The Hall–Kier alpha value is -1.89. The molecule has 0 aliphatic carbocycles. The summed E-state index contributed by atoms with van der Waals surface area (Å²) < 4.78 is 6.96. The third-order valence-corrected chi connectivity index (χ3v) is 7.19. The number of ether oxygens (including phenoxy) is 1. The minimum absolute atomic E-state index is 0.00782. The number of carbonyl (C=O) groups excluding carboxylic acids is 1. The van der Waals surface area contributed by atoms with E-state index in [0.29, 0.717) is 12.1 Å². The lowest BCUT2D eigenvalue weighted by Gasteiger charge is -2.23. The number of hydrogen-bond acceptors (Lipinski definition) is 5. The number of nitrogens with zero attached hydrogens (tertiary/aromatic N) is 2. The molecular weight excluding hydrogens is 400 g/mol. The van der Waals surface area contributed by atoms with Crippen molar-refractivity contribution in [3.05, 3.63) is 53.1 Å². The number of aryl methyl sites for hydroxylation is 2. The number of benzene rings is 2. The van der Waals surface area contributed by atoms with Crippen LogP contribution in [0.15, 0.2) is 41.3 Å². The van der Waals surface area contributed by atoms with Gasteiger partial charge in [0.25, 0.3) is 5.91 Å². The SMILES string of the molecule is CCSc1cccc(C(=O)N(CC2CCCO2)c2nc3cc(C)c(C)cc3s2)c1. The predicted molar refractivity (Wildman–Crippen MR) is 123 cm³/mol. The number of aromatic nitrogens is 1. The summed E-state index contributed by atoms with van der Waals surface area (Å²) in [5.74, 6) is 0.972. The summed E-state index contributed by atoms with van der Waals surface area (Å²) in [6.07, 6.45) is 2.11. The smallest absolute Gasteiger partial charge is 0.260 e. The van der Waals surface area contributed by atoms with Crippen molar-refractivity contribution in [2.45, 2.75) is 44.6 Å². The lowest BCUT2D eigenvalue weighted by molar-refractivity contribution is 0.0917. The minimum Gasteiger partial charge on any atom is -0.376 e. The van der Waals surface area contributed by atoms with Gasteiger partial charge in [0.2, 0.25) is 0 Å². The zero-order chi connectivity index (χ0) is 20.4. The van der Waals surface area contributed by atoms with Gasteiger partial charge in [0.15, 0.2) is 5.13 Å². The Balaban J connectivity index is 1.71. The predicted octanol–water partition coefficient (Wildman–Crippen LogP) is 5.85. The van der Waals surface area contributed by atoms with Gasteiger partial charge in [-0.15, -0.1) is 11.8 Å². The van der Waals surface area contributed by atoms with E-state index in [1.165, 1.54) is 11.1 Å². The fraction of sp³-hybridized carbons (Fsp3) is 0.391. The summed E-state index contributed by atoms with van der Waals surface area (Å²) in [4.78, 5) is 21.3. The molecule has 1 aromatic heterocycles. The van der Waals surface area contributed by atoms with Crippen LogP contribution in [0.3, 0.4) is 0 Å². The lowest BCUT2D eigenvalue weighted by atomic mass is 10.1. The van der Waals surface area contributed by atoms with Gasteiger partial charge in [0.1, 0.15) is 0 Å². The van der Waals surface area contributed by atoms with Gasteiger partial charge < -0.3 is 4.74 Å². The Bertz CT molecular complexity index is 986. The van der Waals surface area contributed by atoms with E-state index >= 15 is 0 Å². The zero-order valence-electron chi connectivity index (χ0n) is 17.1. The molecule has 0 bridgehead atoms. The molecule has 0 saturated carbocycles. The Morgan fingerprint density at radius 1 is 1.28 bits per heavy atom. The van der Waals surface area contributed by atoms with Crippen molar-refractivity contribution in [3.63, 3.8) is 0 Å². The van der Waals surface area contributed by atoms with Crippen LogP contribution in [0.1, 0.15) is 41.3 Å². The van der Waals surface area contributed by atoms with E-state index in [1.54, 1.807) is 23.1 Å². The quantitative estimate of drug-likeness (QED) is 0.464. The van der Waals surface area contributed by atoms with E-state index in [9.17, 15) is 4.79 Å². The monoisotopic (exact) mass is 426 g/mol. The average Bonchev–Trinajstić information content (AvgIpc) is 3.36. The first-order valence-corrected chi connectivity index (χ1v) is 11.9. The van der Waals surface area contributed by atoms with Crippen LogP contribution in [0.2, 0.25) is 0 Å². The molecular formula is C23H26N2O2S2. The molecule has 152 valence electrons. The van der Waals surface area contributed by atoms with Crippen molar-refractivity contribution in [1.29, 1.82) is 0 Å². The summed E-state index contributed by atoms with van der Waals surface area (Å²) in [6, 6.07) is 12.2. The Labute approximate surface area is 180 Å². The van der Waals surface area contributed by atoms with E-state index < -0.39 is 0 Å². The highest BCUT2D eigenvalue weighted by molar-refractivity contribution is 7.99. The normalized spacial score (nSPS) is 16.4. The summed E-state index contributed by atoms with van der Waals surface area (Å²) in [5.41, 5.74) is 4.12. The first kappa shape index (κ1) is 20.4. The molecule has 0 spiro atoms. The molecule has 1 unspecified atom stereocenters. The van der Waals surface area contributed by atoms with E-state index in [0.717, 1.165) is 45.4 Å². The fourth-order valence-corrected chi connectivity index (χ4v) is 5.34. The van der Waals surface area contributed by atoms with Crippen LogP contribution in [0.5, 0.6) is 0 Å². The van der Waals surface area contributed by atoms with Crippen molar-refractivity contribution in [2.75, 3.05) is 23.8 Å². The third kappa shape index (κ3) is 4.49. The number of thioether (sulfide) groups is 1. The van der Waals surface area contributed by atoms with Gasteiger partial charge in [-0.1, -0.05) is 24.3 Å². The first-order chi connectivity index (χ1) is 14.0. The van der Waals surface area contributed by atoms with Crippen molar-refractivity contribution < 1.29 is 9.53 Å². The van der Waals surface area contributed by atoms with Gasteiger partial charge in [-0.3, -0.25) is 9.69 Å². The molecule has 1 atom stereocenters. The summed E-state index contributed by atoms with van der Waals surface area (Å²) in [7, 11) is 0. The fourth-order valence-electron chi connectivity index (χ4n) is 3.56. The maximum Gasteiger partial charge on any atom is 0.260 e. The molecule has 29 heavy (non-hydrogen) atoms. The Morgan fingerprint density at radius 2 is 2.10 bits per heavy atom. The highest BCUT2D eigenvalue weighted by atomic mass is 32.2. The molecule has 0 N–H and O–H groups in total. The first-order valence-electron chi connectivity index (χ1n) is 10.1. The van der Waals surface area contributed by atoms with Crippen molar-refractivity contribution in [2.24, 2.45) is 0 Å². The average molecular weight is 427 g/mol. The van der Waals surface area contributed by atoms with Crippen LogP contribution in [-0.2, 0) is 4.74 Å². The number of fused-ring (bicyclic) bond motifs is 1. The van der Waals surface area contributed by atoms with E-state index in [1.807, 2.05) is 23.1 Å². The second-order valence-corrected chi connectivity index (χ2v) is 9.76. The van der Waals surface area contributed by atoms with Gasteiger partial charge >= 0.3 is 0 Å². The maximum atomic E-state index is 13.5. The molecule has 2 aromatic carbocycles. The van der Waals surface area contributed by atoms with E-state index in [-0.39, 0.29) is 12.0 Å². The number of anilines is 1. The molecule has 1 aliphatic rings. The highest BCUT2D eigenvalue weighted by Crippen LogP contribution is 2.33. The zero-order valence-corrected chi connectivity index (χ0v) is 18.7. The van der Waals surface area contributed by atoms with Crippen LogP contribution in [-0.4, -0.2) is 35.9 Å². The number of hydrogen-bond donors (Lipinski definition) is 0. The van der Waals surface area contributed by atoms with Crippen molar-refractivity contribution in [1.82, 2.24) is 4.98 Å². The van der Waals surface area contributed by atoms with Crippen LogP contribution in [0.4, 0.5) is 5.13 Å². The maximum absolute atomic E-state index is 13.5. The topological polar surface area (TPSA) is 42.4 Å². The van der Waals surface area contributed by atoms with Gasteiger partial charge in [-0.05, 0) is 73.9 Å². The van der Waals surface area contributed by atoms with Crippen LogP contribution in [0.25, 0.3) is 10.2 Å². The molecule has 1 fully saturated rings. The number of carbonyl (C=O) groups is 1. The molecule has 4 nitrogen and oxygen atoms in total. The molecule has 3 aromatic rings. The Kier molecular flexibility index (Phi) is 6.23. The van der Waals surface area contributed by atoms with Crippen LogP contribution in [0, 0.1) is 13.8 Å². The van der Waals surface area contributed by atoms with E-state index in [2.05, 4.69) is 39.0 Å².